The van der Waals surface area contributed by atoms with Crippen LogP contribution in [0.4, 0.5) is 5.69 Å². The number of nitrogens with zero attached hydrogens (tertiary/aromatic N) is 2. The molecule has 0 saturated carbocycles. The fraction of sp³-hybridized carbons (Fsp3) is 0.409. The van der Waals surface area contributed by atoms with Gasteiger partial charge in [0, 0.05) is 38.4 Å². The summed E-state index contributed by atoms with van der Waals surface area (Å²) in [5.74, 6) is 0.0493. The Morgan fingerprint density at radius 1 is 1.08 bits per heavy atom. The summed E-state index contributed by atoms with van der Waals surface area (Å²) in [6.45, 7) is 8.86. The van der Waals surface area contributed by atoms with Gasteiger partial charge in [0.2, 0.25) is 5.91 Å². The van der Waals surface area contributed by atoms with Gasteiger partial charge in [-0.25, -0.2) is 0 Å². The maximum atomic E-state index is 12.8. The molecule has 26 heavy (non-hydrogen) atoms. The third kappa shape index (κ3) is 4.63. The van der Waals surface area contributed by atoms with Gasteiger partial charge in [-0.1, -0.05) is 30.3 Å². The number of piperazine rings is 1. The number of rotatable bonds is 6. The van der Waals surface area contributed by atoms with E-state index in [1.165, 1.54) is 5.56 Å². The first kappa shape index (κ1) is 18.4. The molecular weight excluding hydrogens is 322 g/mol. The van der Waals surface area contributed by atoms with E-state index < -0.39 is 5.54 Å². The van der Waals surface area contributed by atoms with E-state index in [-0.39, 0.29) is 5.91 Å². The molecule has 136 valence electrons. The Balaban J connectivity index is 1.49. The quantitative estimate of drug-likeness (QED) is 0.871. The molecule has 0 bridgehead atoms. The first-order valence-electron chi connectivity index (χ1n) is 9.26. The number of anilines is 1. The highest BCUT2D eigenvalue weighted by molar-refractivity contribution is 5.97. The van der Waals surface area contributed by atoms with Crippen LogP contribution < -0.4 is 5.32 Å². The topological polar surface area (TPSA) is 35.6 Å². The molecule has 2 aromatic rings. The number of benzene rings is 1. The maximum absolute atomic E-state index is 12.8. The summed E-state index contributed by atoms with van der Waals surface area (Å²) in [5, 5.41) is 3.04. The van der Waals surface area contributed by atoms with E-state index in [4.69, 9.17) is 0 Å². The van der Waals surface area contributed by atoms with Gasteiger partial charge in [-0.15, -0.1) is 0 Å². The summed E-state index contributed by atoms with van der Waals surface area (Å²) in [7, 11) is 0. The maximum Gasteiger partial charge on any atom is 0.244 e. The number of hydrogen-bond donors (Lipinski definition) is 1. The molecule has 1 heterocycles. The van der Waals surface area contributed by atoms with Gasteiger partial charge in [-0.05, 0) is 56.2 Å². The highest BCUT2D eigenvalue weighted by Crippen LogP contribution is 2.20. The molecule has 0 spiro atoms. The fourth-order valence-corrected chi connectivity index (χ4v) is 3.30. The molecule has 0 unspecified atom stereocenters. The normalized spacial score (nSPS) is 16.1. The van der Waals surface area contributed by atoms with Crippen LogP contribution in [0.3, 0.4) is 0 Å². The monoisotopic (exact) mass is 349 g/mol. The lowest BCUT2D eigenvalue weighted by molar-refractivity contribution is -0.127. The molecule has 1 saturated heterocycles. The van der Waals surface area contributed by atoms with Crippen molar-refractivity contribution in [2.45, 2.75) is 25.8 Å². The van der Waals surface area contributed by atoms with E-state index in [9.17, 15) is 4.79 Å². The van der Waals surface area contributed by atoms with Crippen LogP contribution >= 0.6 is 0 Å². The Bertz CT molecular complexity index is 692. The van der Waals surface area contributed by atoms with Gasteiger partial charge < -0.3 is 10.2 Å². The summed E-state index contributed by atoms with van der Waals surface area (Å²) in [6, 6.07) is 21.6. The van der Waals surface area contributed by atoms with Crippen molar-refractivity contribution in [1.29, 1.82) is 0 Å². The number of nitrogens with one attached hydrogen (secondary N) is 1. The predicted octanol–water partition coefficient (Wildman–Crippen LogP) is 2.86. The lowest BCUT2D eigenvalue weighted by Crippen LogP contribution is -2.59. The first-order chi connectivity index (χ1) is 12.6. The van der Waals surface area contributed by atoms with Crippen molar-refractivity contribution < 1.29 is 4.79 Å². The van der Waals surface area contributed by atoms with Crippen LogP contribution in [0, 0.1) is 12.1 Å². The Morgan fingerprint density at radius 3 is 2.46 bits per heavy atom. The zero-order chi connectivity index (χ0) is 18.4. The second kappa shape index (κ2) is 8.35. The molecule has 1 aliphatic heterocycles. The van der Waals surface area contributed by atoms with Gasteiger partial charge in [0.15, 0.2) is 0 Å². The molecule has 0 aliphatic carbocycles. The van der Waals surface area contributed by atoms with Crippen molar-refractivity contribution >= 4 is 11.6 Å². The molecule has 1 N–H and O–H groups in total. The molecule has 1 aliphatic rings. The molecule has 1 fully saturated rings. The van der Waals surface area contributed by atoms with E-state index in [0.717, 1.165) is 44.8 Å². The van der Waals surface area contributed by atoms with Crippen molar-refractivity contribution in [1.82, 2.24) is 9.80 Å². The minimum absolute atomic E-state index is 0.0493. The zero-order valence-corrected chi connectivity index (χ0v) is 15.7. The third-order valence-corrected chi connectivity index (χ3v) is 5.19. The largest absolute Gasteiger partial charge is 0.324 e. The number of amides is 1. The second-order valence-corrected chi connectivity index (χ2v) is 7.30. The second-order valence-electron chi connectivity index (χ2n) is 7.30. The van der Waals surface area contributed by atoms with Gasteiger partial charge in [-0.3, -0.25) is 9.69 Å². The highest BCUT2D eigenvalue weighted by atomic mass is 16.2. The van der Waals surface area contributed by atoms with Crippen LogP contribution in [0.2, 0.25) is 0 Å². The molecule has 0 aromatic heterocycles. The molecule has 0 atom stereocenters. The van der Waals surface area contributed by atoms with Gasteiger partial charge in [0.25, 0.3) is 0 Å². The molecular formula is C22H27N3O. The summed E-state index contributed by atoms with van der Waals surface area (Å²) < 4.78 is 0. The van der Waals surface area contributed by atoms with Crippen molar-refractivity contribution in [3.8, 4) is 0 Å². The molecule has 0 radical (unpaired) electrons. The fourth-order valence-electron chi connectivity index (χ4n) is 3.30. The smallest absolute Gasteiger partial charge is 0.244 e. The van der Waals surface area contributed by atoms with E-state index in [1.807, 2.05) is 56.3 Å². The summed E-state index contributed by atoms with van der Waals surface area (Å²) in [4.78, 5) is 17.5. The minimum atomic E-state index is -0.522. The summed E-state index contributed by atoms with van der Waals surface area (Å²) in [6.07, 6.45) is 1.03. The molecule has 3 rings (SSSR count). The van der Waals surface area contributed by atoms with Crippen LogP contribution in [0.5, 0.6) is 0 Å². The van der Waals surface area contributed by atoms with E-state index in [0.29, 0.717) is 0 Å². The summed E-state index contributed by atoms with van der Waals surface area (Å²) in [5.41, 5.74) is 1.63. The molecule has 4 nitrogen and oxygen atoms in total. The average Bonchev–Trinajstić information content (AvgIpc) is 2.68. The Labute approximate surface area is 156 Å². The van der Waals surface area contributed by atoms with Crippen molar-refractivity contribution in [2.24, 2.45) is 0 Å². The van der Waals surface area contributed by atoms with Crippen LogP contribution in [-0.4, -0.2) is 54.0 Å². The average molecular weight is 349 g/mol. The molecule has 4 heteroatoms. The van der Waals surface area contributed by atoms with Gasteiger partial charge in [-0.2, -0.15) is 0 Å². The molecule has 2 aromatic carbocycles. The van der Waals surface area contributed by atoms with Crippen molar-refractivity contribution in [3.63, 3.8) is 0 Å². The van der Waals surface area contributed by atoms with Gasteiger partial charge >= 0.3 is 0 Å². The van der Waals surface area contributed by atoms with E-state index in [2.05, 4.69) is 33.3 Å². The molecule has 1 amide bonds. The highest BCUT2D eigenvalue weighted by Gasteiger charge is 2.36. The van der Waals surface area contributed by atoms with Crippen LogP contribution in [0.15, 0.2) is 48.5 Å². The van der Waals surface area contributed by atoms with Gasteiger partial charge in [0.1, 0.15) is 0 Å². The Morgan fingerprint density at radius 2 is 1.81 bits per heavy atom. The SMILES string of the molecule is CC(C)(C(=O)Nc1ccccc1)N1CCN(CCc2cc#ccc2)CC1. The predicted molar refractivity (Wildman–Crippen MR) is 105 cm³/mol. The van der Waals surface area contributed by atoms with E-state index >= 15 is 0 Å². The third-order valence-electron chi connectivity index (χ3n) is 5.19. The number of hydrogen-bond acceptors (Lipinski definition) is 3. The number of carbonyl (C=O) groups is 1. The van der Waals surface area contributed by atoms with Crippen LogP contribution in [0.1, 0.15) is 19.4 Å². The zero-order valence-electron chi connectivity index (χ0n) is 15.7. The number of carbonyl (C=O) groups excluding carboxylic acids is 1. The van der Waals surface area contributed by atoms with E-state index in [1.54, 1.807) is 0 Å². The standard InChI is InChI=1S/C22H27N3O/c1-22(2,21(26)23-20-11-7-4-8-12-20)25-17-15-24(16-18-25)14-13-19-9-5-3-6-10-19/h4-5,7-12H,13-18H2,1-2H3,(H,23,26). The summed E-state index contributed by atoms with van der Waals surface area (Å²) >= 11 is 0. The lowest BCUT2D eigenvalue weighted by atomic mass is 10.00. The van der Waals surface area contributed by atoms with Crippen molar-refractivity contribution in [3.05, 3.63) is 66.2 Å². The lowest BCUT2D eigenvalue weighted by Gasteiger charge is -2.43. The minimum Gasteiger partial charge on any atom is -0.324 e. The Hall–Kier alpha value is -2.35. The van der Waals surface area contributed by atoms with Crippen LogP contribution in [-0.2, 0) is 11.2 Å². The van der Waals surface area contributed by atoms with Crippen LogP contribution in [0.25, 0.3) is 0 Å². The first-order valence-corrected chi connectivity index (χ1v) is 9.26. The Kier molecular flexibility index (Phi) is 5.92. The van der Waals surface area contributed by atoms with Crippen molar-refractivity contribution in [2.75, 3.05) is 38.0 Å². The van der Waals surface area contributed by atoms with Gasteiger partial charge in [0.05, 0.1) is 5.54 Å². The number of para-hydroxylation sites is 1.